The number of furan rings is 1. The fourth-order valence-electron chi connectivity index (χ4n) is 2.75. The molecule has 0 fully saturated rings. The fraction of sp³-hybridized carbons (Fsp3) is 0.312. The molecule has 1 aromatic carbocycles. The number of ether oxygens (including phenoxy) is 1. The minimum Gasteiger partial charge on any atom is -0.465 e. The van der Waals surface area contributed by atoms with Gasteiger partial charge in [0.15, 0.2) is 0 Å². The summed E-state index contributed by atoms with van der Waals surface area (Å²) in [4.78, 5) is 11.7. The maximum atomic E-state index is 12.9. The molecule has 0 N–H and O–H groups in total. The summed E-state index contributed by atoms with van der Waals surface area (Å²) in [6, 6.07) is 8.63. The quantitative estimate of drug-likeness (QED) is 0.806. The van der Waals surface area contributed by atoms with Crippen molar-refractivity contribution in [2.24, 2.45) is 0 Å². The van der Waals surface area contributed by atoms with E-state index in [0.717, 1.165) is 18.4 Å². The highest BCUT2D eigenvalue weighted by atomic mass is 32.2. The molecule has 1 aliphatic heterocycles. The molecular weight excluding hydrogens is 318 g/mol. The SMILES string of the molecule is COC(=O)c1cc(S(=O)(=O)N2CCCc3ccccc32)oc1C. The number of esters is 1. The summed E-state index contributed by atoms with van der Waals surface area (Å²) >= 11 is 0. The Hall–Kier alpha value is -2.28. The van der Waals surface area contributed by atoms with Crippen molar-refractivity contribution in [3.63, 3.8) is 0 Å². The molecule has 1 aromatic heterocycles. The first-order valence-corrected chi connectivity index (χ1v) is 8.68. The van der Waals surface area contributed by atoms with Gasteiger partial charge in [0.25, 0.3) is 10.0 Å². The summed E-state index contributed by atoms with van der Waals surface area (Å²) in [5.74, 6) is -0.396. The molecule has 0 spiro atoms. The topological polar surface area (TPSA) is 76.8 Å². The number of para-hydroxylation sites is 1. The number of aryl methyl sites for hydroxylation is 2. The molecule has 0 bridgehead atoms. The van der Waals surface area contributed by atoms with Gasteiger partial charge in [-0.15, -0.1) is 0 Å². The van der Waals surface area contributed by atoms with Crippen LogP contribution in [0.1, 0.15) is 28.1 Å². The van der Waals surface area contributed by atoms with Crippen LogP contribution in [0, 0.1) is 6.92 Å². The summed E-state index contributed by atoms with van der Waals surface area (Å²) < 4.78 is 37.1. The standard InChI is InChI=1S/C16H17NO5S/c1-11-13(16(18)21-2)10-15(22-11)23(19,20)17-9-5-7-12-6-3-4-8-14(12)17/h3-4,6,8,10H,5,7,9H2,1-2H3. The first kappa shape index (κ1) is 15.6. The van der Waals surface area contributed by atoms with Gasteiger partial charge < -0.3 is 9.15 Å². The number of nitrogens with zero attached hydrogens (tertiary/aromatic N) is 1. The molecule has 0 atom stereocenters. The molecule has 23 heavy (non-hydrogen) atoms. The number of benzene rings is 1. The van der Waals surface area contributed by atoms with Crippen molar-refractivity contribution in [1.29, 1.82) is 0 Å². The van der Waals surface area contributed by atoms with E-state index in [9.17, 15) is 13.2 Å². The van der Waals surface area contributed by atoms with Crippen LogP contribution in [-0.2, 0) is 21.2 Å². The third-order valence-electron chi connectivity index (χ3n) is 3.91. The van der Waals surface area contributed by atoms with E-state index in [2.05, 4.69) is 4.74 Å². The molecule has 0 saturated carbocycles. The molecule has 0 aliphatic carbocycles. The number of fused-ring (bicyclic) bond motifs is 1. The number of carbonyl (C=O) groups is 1. The maximum Gasteiger partial charge on any atom is 0.341 e. The van der Waals surface area contributed by atoms with Gasteiger partial charge in [0.05, 0.1) is 12.8 Å². The van der Waals surface area contributed by atoms with Gasteiger partial charge in [-0.05, 0) is 31.4 Å². The molecule has 0 saturated heterocycles. The molecule has 0 radical (unpaired) electrons. The first-order chi connectivity index (χ1) is 10.9. The van der Waals surface area contributed by atoms with E-state index in [-0.39, 0.29) is 16.4 Å². The number of methoxy groups -OCH3 is 1. The average molecular weight is 335 g/mol. The lowest BCUT2D eigenvalue weighted by Crippen LogP contribution is -2.35. The van der Waals surface area contributed by atoms with Crippen LogP contribution in [0.25, 0.3) is 0 Å². The van der Waals surface area contributed by atoms with E-state index in [1.54, 1.807) is 12.1 Å². The minimum absolute atomic E-state index is 0.122. The third kappa shape index (κ3) is 2.61. The molecule has 0 amide bonds. The lowest BCUT2D eigenvalue weighted by Gasteiger charge is -2.29. The monoisotopic (exact) mass is 335 g/mol. The number of hydrogen-bond donors (Lipinski definition) is 0. The van der Waals surface area contributed by atoms with Crippen LogP contribution < -0.4 is 4.31 Å². The Bertz CT molecular complexity index is 853. The van der Waals surface area contributed by atoms with E-state index in [1.807, 2.05) is 12.1 Å². The normalized spacial score (nSPS) is 14.4. The molecular formula is C16H17NO5S. The summed E-state index contributed by atoms with van der Waals surface area (Å²) in [6.45, 7) is 1.92. The van der Waals surface area contributed by atoms with E-state index in [1.165, 1.54) is 24.4 Å². The van der Waals surface area contributed by atoms with Crippen LogP contribution in [0.5, 0.6) is 0 Å². The minimum atomic E-state index is -3.86. The zero-order valence-electron chi connectivity index (χ0n) is 12.9. The van der Waals surface area contributed by atoms with Crippen molar-refractivity contribution < 1.29 is 22.4 Å². The Labute approximate surface area is 134 Å². The van der Waals surface area contributed by atoms with Crippen molar-refractivity contribution in [1.82, 2.24) is 0 Å². The van der Waals surface area contributed by atoms with E-state index in [4.69, 9.17) is 4.42 Å². The molecule has 2 heterocycles. The number of hydrogen-bond acceptors (Lipinski definition) is 5. The summed E-state index contributed by atoms with van der Waals surface area (Å²) in [6.07, 6.45) is 1.58. The molecule has 7 heteroatoms. The lowest BCUT2D eigenvalue weighted by molar-refractivity contribution is 0.0599. The Kier molecular flexibility index (Phi) is 3.89. The second kappa shape index (κ2) is 5.73. The Balaban J connectivity index is 2.05. The zero-order chi connectivity index (χ0) is 16.6. The second-order valence-corrected chi connectivity index (χ2v) is 7.13. The molecule has 3 rings (SSSR count). The Morgan fingerprint density at radius 2 is 2.04 bits per heavy atom. The van der Waals surface area contributed by atoms with Crippen LogP contribution in [0.3, 0.4) is 0 Å². The van der Waals surface area contributed by atoms with Crippen LogP contribution in [0.2, 0.25) is 0 Å². The summed E-state index contributed by atoms with van der Waals surface area (Å²) in [5, 5.41) is -0.243. The van der Waals surface area contributed by atoms with E-state index < -0.39 is 16.0 Å². The van der Waals surface area contributed by atoms with Gasteiger partial charge >= 0.3 is 5.97 Å². The highest BCUT2D eigenvalue weighted by Crippen LogP contribution is 2.33. The zero-order valence-corrected chi connectivity index (χ0v) is 13.7. The van der Waals surface area contributed by atoms with Crippen molar-refractivity contribution >= 4 is 21.7 Å². The van der Waals surface area contributed by atoms with Crippen LogP contribution in [-0.4, -0.2) is 28.0 Å². The predicted molar refractivity (Wildman–Crippen MR) is 84.1 cm³/mol. The third-order valence-corrected chi connectivity index (χ3v) is 5.58. The lowest BCUT2D eigenvalue weighted by atomic mass is 10.0. The van der Waals surface area contributed by atoms with Crippen molar-refractivity contribution in [3.05, 3.63) is 47.2 Å². The van der Waals surface area contributed by atoms with Crippen molar-refractivity contribution in [2.75, 3.05) is 18.0 Å². The average Bonchev–Trinajstić information content (AvgIpc) is 2.96. The first-order valence-electron chi connectivity index (χ1n) is 7.24. The van der Waals surface area contributed by atoms with Crippen LogP contribution in [0.4, 0.5) is 5.69 Å². The highest BCUT2D eigenvalue weighted by molar-refractivity contribution is 7.92. The molecule has 0 unspecified atom stereocenters. The highest BCUT2D eigenvalue weighted by Gasteiger charge is 2.33. The van der Waals surface area contributed by atoms with Gasteiger partial charge in [0, 0.05) is 12.6 Å². The van der Waals surface area contributed by atoms with E-state index >= 15 is 0 Å². The van der Waals surface area contributed by atoms with Gasteiger partial charge in [0.2, 0.25) is 5.09 Å². The molecule has 1 aliphatic rings. The second-order valence-electron chi connectivity index (χ2n) is 5.34. The van der Waals surface area contributed by atoms with E-state index in [0.29, 0.717) is 12.2 Å². The number of carbonyl (C=O) groups excluding carboxylic acids is 1. The summed E-state index contributed by atoms with van der Waals surface area (Å²) in [7, 11) is -2.62. The largest absolute Gasteiger partial charge is 0.465 e. The van der Waals surface area contributed by atoms with Gasteiger partial charge in [0.1, 0.15) is 11.3 Å². The predicted octanol–water partition coefficient (Wildman–Crippen LogP) is 2.52. The number of sulfonamides is 1. The smallest absolute Gasteiger partial charge is 0.341 e. The molecule has 2 aromatic rings. The van der Waals surface area contributed by atoms with Crippen LogP contribution >= 0.6 is 0 Å². The van der Waals surface area contributed by atoms with Gasteiger partial charge in [-0.3, -0.25) is 4.31 Å². The Morgan fingerprint density at radius 3 is 2.78 bits per heavy atom. The number of anilines is 1. The van der Waals surface area contributed by atoms with Gasteiger partial charge in [-0.25, -0.2) is 4.79 Å². The van der Waals surface area contributed by atoms with Gasteiger partial charge in [-0.1, -0.05) is 18.2 Å². The number of rotatable bonds is 3. The fourth-order valence-corrected chi connectivity index (χ4v) is 4.27. The van der Waals surface area contributed by atoms with Gasteiger partial charge in [-0.2, -0.15) is 8.42 Å². The van der Waals surface area contributed by atoms with Crippen molar-refractivity contribution in [2.45, 2.75) is 24.9 Å². The van der Waals surface area contributed by atoms with Crippen LogP contribution in [0.15, 0.2) is 39.8 Å². The van der Waals surface area contributed by atoms with Crippen molar-refractivity contribution in [3.8, 4) is 0 Å². The maximum absolute atomic E-state index is 12.9. The summed E-state index contributed by atoms with van der Waals surface area (Å²) in [5.41, 5.74) is 1.77. The molecule has 6 nitrogen and oxygen atoms in total. The Morgan fingerprint density at radius 1 is 1.30 bits per heavy atom. The molecule has 122 valence electrons.